The van der Waals surface area contributed by atoms with Gasteiger partial charge in [0.2, 0.25) is 0 Å². The zero-order valence-electron chi connectivity index (χ0n) is 20.4. The molecule has 1 fully saturated rings. The molecule has 0 unspecified atom stereocenters. The van der Waals surface area contributed by atoms with Crippen molar-refractivity contribution in [3.8, 4) is 17.1 Å². The molecular weight excluding hydrogens is 575 g/mol. The molecule has 8 heteroatoms. The first kappa shape index (κ1) is 23.7. The molecule has 186 valence electrons. The van der Waals surface area contributed by atoms with Crippen molar-refractivity contribution in [1.82, 2.24) is 24.8 Å². The van der Waals surface area contributed by atoms with Crippen molar-refractivity contribution in [2.75, 3.05) is 38.1 Å². The lowest BCUT2D eigenvalue weighted by molar-refractivity contribution is 0.313. The van der Waals surface area contributed by atoms with Gasteiger partial charge in [0, 0.05) is 37.4 Å². The number of hydrogen-bond acceptors (Lipinski definition) is 5. The second-order valence-corrected chi connectivity index (χ2v) is 10.5. The Morgan fingerprint density at radius 3 is 2.43 bits per heavy atom. The van der Waals surface area contributed by atoms with Crippen LogP contribution in [0.1, 0.15) is 11.4 Å². The van der Waals surface area contributed by atoms with E-state index in [9.17, 15) is 5.11 Å². The summed E-state index contributed by atoms with van der Waals surface area (Å²) in [6, 6.07) is 18.1. The Balaban J connectivity index is 1.15. The van der Waals surface area contributed by atoms with Gasteiger partial charge in [-0.3, -0.25) is 0 Å². The van der Waals surface area contributed by atoms with Crippen LogP contribution in [0.15, 0.2) is 66.7 Å². The second-order valence-electron chi connectivity index (χ2n) is 9.36. The molecule has 3 aromatic carbocycles. The topological polar surface area (TPSA) is 84.1 Å². The maximum atomic E-state index is 9.79. The highest BCUT2D eigenvalue weighted by molar-refractivity contribution is 14.1. The van der Waals surface area contributed by atoms with Crippen LogP contribution in [0.25, 0.3) is 45.6 Å². The predicted molar refractivity (Wildman–Crippen MR) is 160 cm³/mol. The van der Waals surface area contributed by atoms with E-state index in [1.807, 2.05) is 36.4 Å². The Kier molecular flexibility index (Phi) is 6.43. The summed E-state index contributed by atoms with van der Waals surface area (Å²) < 4.78 is 0.797. The summed E-state index contributed by atoms with van der Waals surface area (Å²) in [5.41, 5.74) is 7.18. The highest BCUT2D eigenvalue weighted by atomic mass is 127. The van der Waals surface area contributed by atoms with E-state index in [1.165, 1.54) is 5.69 Å². The summed E-state index contributed by atoms with van der Waals surface area (Å²) in [4.78, 5) is 21.0. The van der Waals surface area contributed by atoms with Gasteiger partial charge in [0.05, 0.1) is 25.6 Å². The van der Waals surface area contributed by atoms with Crippen molar-refractivity contribution in [3.05, 3.63) is 81.7 Å². The van der Waals surface area contributed by atoms with Crippen LogP contribution in [-0.4, -0.2) is 63.2 Å². The number of benzene rings is 3. The Hall–Kier alpha value is -3.63. The van der Waals surface area contributed by atoms with Gasteiger partial charge in [0.25, 0.3) is 0 Å². The number of phenols is 1. The average Bonchev–Trinajstić information content (AvgIpc) is 3.51. The van der Waals surface area contributed by atoms with Gasteiger partial charge in [-0.1, -0.05) is 24.3 Å². The number of halogens is 1. The minimum absolute atomic E-state index is 0.277. The van der Waals surface area contributed by atoms with E-state index < -0.39 is 0 Å². The molecule has 5 aromatic rings. The van der Waals surface area contributed by atoms with Gasteiger partial charge in [0.1, 0.15) is 17.4 Å². The number of fused-ring (bicyclic) bond motifs is 2. The minimum atomic E-state index is 0.277. The minimum Gasteiger partial charge on any atom is -0.507 e. The summed E-state index contributed by atoms with van der Waals surface area (Å²) >= 11 is 2.12. The first-order valence-electron chi connectivity index (χ1n) is 12.3. The smallest absolute Gasteiger partial charge is 0.138 e. The predicted octanol–water partition coefficient (Wildman–Crippen LogP) is 5.89. The van der Waals surface area contributed by atoms with E-state index in [1.54, 1.807) is 6.07 Å². The Morgan fingerprint density at radius 2 is 1.59 bits per heavy atom. The van der Waals surface area contributed by atoms with E-state index in [0.29, 0.717) is 0 Å². The van der Waals surface area contributed by atoms with Crippen molar-refractivity contribution < 1.29 is 5.11 Å². The number of phenolic OH excluding ortho intramolecular Hbond substituents is 1. The summed E-state index contributed by atoms with van der Waals surface area (Å²) in [6.07, 6.45) is 8.07. The quantitative estimate of drug-likeness (QED) is 0.173. The number of nitrogens with one attached hydrogen (secondary N) is 2. The number of hydrogen-bond donors (Lipinski definition) is 3. The molecule has 0 aliphatic carbocycles. The lowest BCUT2D eigenvalue weighted by atomic mass is 10.2. The zero-order valence-corrected chi connectivity index (χ0v) is 22.6. The summed E-state index contributed by atoms with van der Waals surface area (Å²) in [6.45, 7) is 4.28. The molecule has 3 N–H and O–H groups in total. The number of anilines is 1. The number of aromatic amines is 2. The maximum Gasteiger partial charge on any atom is 0.138 e. The van der Waals surface area contributed by atoms with Gasteiger partial charge in [-0.15, -0.1) is 0 Å². The average molecular weight is 602 g/mol. The highest BCUT2D eigenvalue weighted by Gasteiger charge is 2.15. The first-order chi connectivity index (χ1) is 18.0. The van der Waals surface area contributed by atoms with E-state index >= 15 is 0 Å². The number of aromatic hydroxyl groups is 1. The fraction of sp³-hybridized carbons (Fsp3) is 0.172. The number of piperazine rings is 1. The van der Waals surface area contributed by atoms with Crippen molar-refractivity contribution in [2.45, 2.75) is 0 Å². The number of H-pyrrole nitrogens is 2. The Morgan fingerprint density at radius 1 is 0.838 bits per heavy atom. The van der Waals surface area contributed by atoms with Gasteiger partial charge < -0.3 is 24.9 Å². The second kappa shape index (κ2) is 10.0. The first-order valence-corrected chi connectivity index (χ1v) is 13.4. The van der Waals surface area contributed by atoms with Gasteiger partial charge in [0.15, 0.2) is 0 Å². The van der Waals surface area contributed by atoms with Crippen molar-refractivity contribution in [3.63, 3.8) is 0 Å². The van der Waals surface area contributed by atoms with Crippen LogP contribution < -0.4 is 4.90 Å². The van der Waals surface area contributed by atoms with Crippen molar-refractivity contribution >= 4 is 62.5 Å². The summed E-state index contributed by atoms with van der Waals surface area (Å²) in [7, 11) is 2.17. The van der Waals surface area contributed by atoms with E-state index in [-0.39, 0.29) is 5.75 Å². The third-order valence-corrected chi connectivity index (χ3v) is 7.60. The SMILES string of the molecule is CN1CCN(c2ccc3nc(/C=C/C=C/c4ccc5nc(-c6ccc(O)c(I)c6)[nH]c5c4)[nH]c3c2)CC1. The third kappa shape index (κ3) is 5.12. The van der Waals surface area contributed by atoms with Crippen LogP contribution in [0, 0.1) is 3.57 Å². The monoisotopic (exact) mass is 602 g/mol. The van der Waals surface area contributed by atoms with Gasteiger partial charge in [-0.05, 0) is 89.8 Å². The van der Waals surface area contributed by atoms with Crippen LogP contribution in [0.5, 0.6) is 5.75 Å². The van der Waals surface area contributed by atoms with Crippen LogP contribution in [0.4, 0.5) is 5.69 Å². The summed E-state index contributed by atoms with van der Waals surface area (Å²) in [5.74, 6) is 1.90. The molecule has 6 rings (SSSR count). The fourth-order valence-electron chi connectivity index (χ4n) is 4.59. The zero-order chi connectivity index (χ0) is 25.4. The number of allylic oxidation sites excluding steroid dienone is 2. The number of rotatable bonds is 5. The van der Waals surface area contributed by atoms with Crippen molar-refractivity contribution in [1.29, 1.82) is 0 Å². The largest absolute Gasteiger partial charge is 0.507 e. The lowest BCUT2D eigenvalue weighted by Gasteiger charge is -2.34. The van der Waals surface area contributed by atoms with Crippen LogP contribution in [0.2, 0.25) is 0 Å². The normalized spacial score (nSPS) is 15.1. The highest BCUT2D eigenvalue weighted by Crippen LogP contribution is 2.27. The number of aromatic nitrogens is 4. The van der Waals surface area contributed by atoms with E-state index in [0.717, 1.165) is 74.6 Å². The Labute approximate surface area is 228 Å². The molecule has 0 bridgehead atoms. The maximum absolute atomic E-state index is 9.79. The molecule has 3 heterocycles. The molecular formula is C29H27IN6O. The van der Waals surface area contributed by atoms with Gasteiger partial charge in [-0.25, -0.2) is 9.97 Å². The number of likely N-dealkylation sites (N-methyl/N-ethyl adjacent to an activating group) is 1. The molecule has 0 saturated carbocycles. The van der Waals surface area contributed by atoms with Crippen LogP contribution in [0.3, 0.4) is 0 Å². The lowest BCUT2D eigenvalue weighted by Crippen LogP contribution is -2.44. The molecule has 7 nitrogen and oxygen atoms in total. The Bertz CT molecular complexity index is 1640. The molecule has 1 saturated heterocycles. The standard InChI is InChI=1S/C29H27IN6O/c1-35-12-14-36(15-13-35)21-8-10-23-26(18-21)32-28(31-23)5-3-2-4-19-6-9-24-25(16-19)34-29(33-24)20-7-11-27(37)22(30)17-20/h2-11,16-18,37H,12-15H2,1H3,(H,31,32)(H,33,34)/b4-2+,5-3+. The molecule has 0 radical (unpaired) electrons. The van der Waals surface area contributed by atoms with Gasteiger partial charge in [-0.2, -0.15) is 0 Å². The molecule has 0 amide bonds. The number of imidazole rings is 2. The van der Waals surface area contributed by atoms with E-state index in [4.69, 9.17) is 9.97 Å². The molecule has 1 aliphatic rings. The molecule has 37 heavy (non-hydrogen) atoms. The van der Waals surface area contributed by atoms with Crippen LogP contribution >= 0.6 is 22.6 Å². The third-order valence-electron chi connectivity index (χ3n) is 6.73. The van der Waals surface area contributed by atoms with E-state index in [2.05, 4.69) is 85.8 Å². The molecule has 1 aliphatic heterocycles. The summed E-state index contributed by atoms with van der Waals surface area (Å²) in [5, 5.41) is 9.79. The molecule has 2 aromatic heterocycles. The molecule has 0 atom stereocenters. The van der Waals surface area contributed by atoms with Gasteiger partial charge >= 0.3 is 0 Å². The number of nitrogens with zero attached hydrogens (tertiary/aromatic N) is 4. The molecule has 0 spiro atoms. The van der Waals surface area contributed by atoms with Crippen molar-refractivity contribution in [2.24, 2.45) is 0 Å². The van der Waals surface area contributed by atoms with Crippen LogP contribution in [-0.2, 0) is 0 Å². The fourth-order valence-corrected chi connectivity index (χ4v) is 5.11.